The van der Waals surface area contributed by atoms with Gasteiger partial charge >= 0.3 is 6.09 Å². The van der Waals surface area contributed by atoms with E-state index in [9.17, 15) is 4.79 Å². The second-order valence-electron chi connectivity index (χ2n) is 1.85. The third kappa shape index (κ3) is 5.41. The molecular formula is C7H14NO2. The number of hydrogen-bond donors (Lipinski definition) is 1. The van der Waals surface area contributed by atoms with E-state index in [0.717, 1.165) is 12.8 Å². The number of nitrogens with one attached hydrogen (secondary N) is 1. The lowest BCUT2D eigenvalue weighted by Crippen LogP contribution is -2.24. The second-order valence-corrected chi connectivity index (χ2v) is 1.85. The van der Waals surface area contributed by atoms with Crippen molar-refractivity contribution in [3.05, 3.63) is 6.92 Å². The highest BCUT2D eigenvalue weighted by molar-refractivity contribution is 5.66. The lowest BCUT2D eigenvalue weighted by Gasteiger charge is -2.02. The van der Waals surface area contributed by atoms with Gasteiger partial charge < -0.3 is 10.1 Å². The molecule has 59 valence electrons. The molecule has 0 aromatic carbocycles. The predicted molar refractivity (Wildman–Crippen MR) is 39.6 cm³/mol. The van der Waals surface area contributed by atoms with Crippen LogP contribution < -0.4 is 5.32 Å². The minimum atomic E-state index is -0.337. The molecule has 0 atom stereocenters. The van der Waals surface area contributed by atoms with Crippen LogP contribution in [0.1, 0.15) is 19.8 Å². The van der Waals surface area contributed by atoms with Gasteiger partial charge in [-0.3, -0.25) is 0 Å². The van der Waals surface area contributed by atoms with Gasteiger partial charge in [0.15, 0.2) is 0 Å². The molecule has 0 saturated heterocycles. The minimum Gasteiger partial charge on any atom is -0.450 e. The Kier molecular flexibility index (Phi) is 5.92. The number of unbranched alkanes of at least 4 members (excludes halogenated alkanes) is 1. The summed E-state index contributed by atoms with van der Waals surface area (Å²) in [5, 5.41) is 2.58. The van der Waals surface area contributed by atoms with E-state index in [2.05, 4.69) is 17.0 Å². The highest BCUT2D eigenvalue weighted by Gasteiger charge is 1.95. The molecule has 3 nitrogen and oxygen atoms in total. The van der Waals surface area contributed by atoms with Crippen molar-refractivity contribution >= 4 is 6.09 Å². The van der Waals surface area contributed by atoms with Gasteiger partial charge in [-0.05, 0) is 13.3 Å². The quantitative estimate of drug-likeness (QED) is 0.605. The normalized spacial score (nSPS) is 9.00. The molecule has 0 heterocycles. The third-order valence-corrected chi connectivity index (χ3v) is 0.972. The van der Waals surface area contributed by atoms with E-state index in [1.165, 1.54) is 0 Å². The molecule has 3 heteroatoms. The molecule has 0 bridgehead atoms. The summed E-state index contributed by atoms with van der Waals surface area (Å²) in [6, 6.07) is 0. The van der Waals surface area contributed by atoms with Crippen LogP contribution in [0.25, 0.3) is 0 Å². The molecular weight excluding hydrogens is 130 g/mol. The molecule has 1 amide bonds. The molecule has 0 aliphatic carbocycles. The van der Waals surface area contributed by atoms with Crippen molar-refractivity contribution in [1.82, 2.24) is 5.32 Å². The Hall–Kier alpha value is -0.730. The fraction of sp³-hybridized carbons (Fsp3) is 0.714. The fourth-order valence-electron chi connectivity index (χ4n) is 0.498. The molecule has 0 spiro atoms. The number of alkyl carbamates (subject to hydrolysis) is 1. The fourth-order valence-corrected chi connectivity index (χ4v) is 0.498. The molecule has 0 aromatic rings. The van der Waals surface area contributed by atoms with Gasteiger partial charge in [-0.1, -0.05) is 13.3 Å². The molecule has 0 rings (SSSR count). The molecule has 1 radical (unpaired) electrons. The Balaban J connectivity index is 3.05. The third-order valence-electron chi connectivity index (χ3n) is 0.972. The monoisotopic (exact) mass is 144 g/mol. The van der Waals surface area contributed by atoms with E-state index < -0.39 is 0 Å². The van der Waals surface area contributed by atoms with Gasteiger partial charge in [-0.15, -0.1) is 0 Å². The molecule has 0 saturated carbocycles. The summed E-state index contributed by atoms with van der Waals surface area (Å²) in [5.41, 5.74) is 0. The van der Waals surface area contributed by atoms with Crippen molar-refractivity contribution in [2.75, 3.05) is 13.2 Å². The molecule has 0 fully saturated rings. The zero-order valence-corrected chi connectivity index (χ0v) is 6.35. The molecule has 0 aliphatic heterocycles. The van der Waals surface area contributed by atoms with E-state index in [-0.39, 0.29) is 6.09 Å². The Morgan fingerprint density at radius 2 is 2.40 bits per heavy atom. The van der Waals surface area contributed by atoms with Crippen molar-refractivity contribution in [2.24, 2.45) is 0 Å². The lowest BCUT2D eigenvalue weighted by molar-refractivity contribution is 0.152. The Bertz CT molecular complexity index is 93.6. The van der Waals surface area contributed by atoms with E-state index in [1.807, 2.05) is 0 Å². The van der Waals surface area contributed by atoms with Gasteiger partial charge in [0.05, 0.1) is 6.61 Å². The number of hydrogen-bond acceptors (Lipinski definition) is 2. The largest absolute Gasteiger partial charge is 0.450 e. The van der Waals surface area contributed by atoms with Crippen LogP contribution in [0.4, 0.5) is 4.79 Å². The van der Waals surface area contributed by atoms with Crippen molar-refractivity contribution in [1.29, 1.82) is 0 Å². The smallest absolute Gasteiger partial charge is 0.407 e. The average molecular weight is 144 g/mol. The van der Waals surface area contributed by atoms with Crippen molar-refractivity contribution < 1.29 is 9.53 Å². The molecule has 0 aliphatic rings. The molecule has 10 heavy (non-hydrogen) atoms. The van der Waals surface area contributed by atoms with Gasteiger partial charge in [0, 0.05) is 6.54 Å². The number of rotatable bonds is 4. The first-order chi connectivity index (χ1) is 4.81. The van der Waals surface area contributed by atoms with Gasteiger partial charge in [0.2, 0.25) is 0 Å². The number of carbonyl (C=O) groups is 1. The topological polar surface area (TPSA) is 38.3 Å². The summed E-state index contributed by atoms with van der Waals surface area (Å²) >= 11 is 0. The van der Waals surface area contributed by atoms with Crippen LogP contribution >= 0.6 is 0 Å². The van der Waals surface area contributed by atoms with Crippen LogP contribution in [0, 0.1) is 6.92 Å². The maximum absolute atomic E-state index is 10.6. The first-order valence-electron chi connectivity index (χ1n) is 3.51. The van der Waals surface area contributed by atoms with E-state index in [1.54, 1.807) is 6.92 Å². The zero-order chi connectivity index (χ0) is 7.82. The van der Waals surface area contributed by atoms with Crippen molar-refractivity contribution in [3.63, 3.8) is 0 Å². The SMILES string of the molecule is [CH2]CCCNC(=O)OCC. The Morgan fingerprint density at radius 1 is 1.70 bits per heavy atom. The van der Waals surface area contributed by atoms with E-state index >= 15 is 0 Å². The first kappa shape index (κ1) is 9.27. The average Bonchev–Trinajstić information content (AvgIpc) is 1.89. The van der Waals surface area contributed by atoms with Crippen LogP contribution in [0.2, 0.25) is 0 Å². The van der Waals surface area contributed by atoms with Crippen LogP contribution in [-0.4, -0.2) is 19.2 Å². The summed E-state index contributed by atoms with van der Waals surface area (Å²) in [4.78, 5) is 10.6. The number of amides is 1. The van der Waals surface area contributed by atoms with Gasteiger partial charge in [0.1, 0.15) is 0 Å². The maximum atomic E-state index is 10.6. The van der Waals surface area contributed by atoms with Crippen molar-refractivity contribution in [2.45, 2.75) is 19.8 Å². The minimum absolute atomic E-state index is 0.337. The van der Waals surface area contributed by atoms with E-state index in [4.69, 9.17) is 0 Å². The molecule has 0 unspecified atom stereocenters. The van der Waals surface area contributed by atoms with Crippen LogP contribution in [0.5, 0.6) is 0 Å². The lowest BCUT2D eigenvalue weighted by atomic mass is 10.3. The second kappa shape index (κ2) is 6.39. The number of carbonyl (C=O) groups excluding carboxylic acids is 1. The van der Waals surface area contributed by atoms with Crippen LogP contribution in [-0.2, 0) is 4.74 Å². The Labute approximate surface area is 61.8 Å². The summed E-state index contributed by atoms with van der Waals surface area (Å²) in [5.74, 6) is 0. The molecule has 0 aromatic heterocycles. The van der Waals surface area contributed by atoms with Gasteiger partial charge in [0.25, 0.3) is 0 Å². The summed E-state index contributed by atoms with van der Waals surface area (Å²) in [6.45, 7) is 6.50. The predicted octanol–water partition coefficient (Wildman–Crippen LogP) is 1.35. The zero-order valence-electron chi connectivity index (χ0n) is 6.35. The maximum Gasteiger partial charge on any atom is 0.407 e. The number of ether oxygens (including phenoxy) is 1. The van der Waals surface area contributed by atoms with Gasteiger partial charge in [-0.25, -0.2) is 4.79 Å². The van der Waals surface area contributed by atoms with Crippen LogP contribution in [0.3, 0.4) is 0 Å². The highest BCUT2D eigenvalue weighted by Crippen LogP contribution is 1.83. The van der Waals surface area contributed by atoms with Gasteiger partial charge in [-0.2, -0.15) is 0 Å². The van der Waals surface area contributed by atoms with Crippen LogP contribution in [0.15, 0.2) is 0 Å². The van der Waals surface area contributed by atoms with Crippen molar-refractivity contribution in [3.8, 4) is 0 Å². The summed E-state index contributed by atoms with van der Waals surface area (Å²) in [6.07, 6.45) is 1.40. The standard InChI is InChI=1S/C7H14NO2/c1-3-5-6-8-7(9)10-4-2/h1,3-6H2,2H3,(H,8,9). The summed E-state index contributed by atoms with van der Waals surface area (Å²) < 4.78 is 4.62. The Morgan fingerprint density at radius 3 is 2.90 bits per heavy atom. The first-order valence-corrected chi connectivity index (χ1v) is 3.51. The highest BCUT2D eigenvalue weighted by atomic mass is 16.5. The summed E-state index contributed by atoms with van der Waals surface area (Å²) in [7, 11) is 0. The molecule has 1 N–H and O–H groups in total. The van der Waals surface area contributed by atoms with E-state index in [0.29, 0.717) is 13.2 Å².